The maximum Gasteiger partial charge on any atom is 0.416 e. The Morgan fingerprint density at radius 1 is 0.906 bits per heavy atom. The van der Waals surface area contributed by atoms with E-state index in [4.69, 9.17) is 0 Å². The molecule has 0 N–H and O–H groups in total. The molecule has 12 heteroatoms. The summed E-state index contributed by atoms with van der Waals surface area (Å²) in [7, 11) is -3.94. The van der Waals surface area contributed by atoms with Crippen LogP contribution in [0, 0.1) is 5.82 Å². The first-order valence-corrected chi connectivity index (χ1v) is 11.0. The summed E-state index contributed by atoms with van der Waals surface area (Å²) in [5.41, 5.74) is -4.28. The van der Waals surface area contributed by atoms with Gasteiger partial charge in [0.05, 0.1) is 22.1 Å². The molecule has 2 aromatic rings. The number of hydrogen-bond acceptors (Lipinski definition) is 3. The quantitative estimate of drug-likeness (QED) is 0.573. The van der Waals surface area contributed by atoms with Crippen molar-refractivity contribution in [3.8, 4) is 0 Å². The molecular formula is C20H16F7NO3S. The van der Waals surface area contributed by atoms with Crippen molar-refractivity contribution in [1.29, 1.82) is 0 Å². The van der Waals surface area contributed by atoms with Crippen molar-refractivity contribution in [2.75, 3.05) is 18.8 Å². The highest BCUT2D eigenvalue weighted by Crippen LogP contribution is 2.37. The lowest BCUT2D eigenvalue weighted by Crippen LogP contribution is -2.34. The minimum Gasteiger partial charge on any atom is -0.338 e. The summed E-state index contributed by atoms with van der Waals surface area (Å²) in [6, 6.07) is 5.64. The van der Waals surface area contributed by atoms with E-state index in [0.29, 0.717) is 12.1 Å². The first-order valence-electron chi connectivity index (χ1n) is 9.25. The molecule has 0 aromatic heterocycles. The van der Waals surface area contributed by atoms with E-state index in [0.717, 1.165) is 11.0 Å². The molecule has 3 rings (SSSR count). The highest BCUT2D eigenvalue weighted by Gasteiger charge is 2.39. The standard InChI is InChI=1S/C20H16F7NO3S/c21-16-4-2-1-3-15(16)17-5-6-28(7-8-32(17,30)31)18(29)12-9-13(19(22,23)24)11-14(10-12)20(25,26)27/h1-4,9-11,17H,5-8H2. The smallest absolute Gasteiger partial charge is 0.338 e. The van der Waals surface area contributed by atoms with Crippen LogP contribution in [0.25, 0.3) is 0 Å². The van der Waals surface area contributed by atoms with Crippen molar-refractivity contribution >= 4 is 15.7 Å². The monoisotopic (exact) mass is 483 g/mol. The summed E-state index contributed by atoms with van der Waals surface area (Å²) < 4.78 is 118. The molecule has 4 nitrogen and oxygen atoms in total. The van der Waals surface area contributed by atoms with Gasteiger partial charge in [-0.2, -0.15) is 26.3 Å². The molecule has 0 radical (unpaired) electrons. The van der Waals surface area contributed by atoms with Gasteiger partial charge in [-0.3, -0.25) is 4.79 Å². The Bertz CT molecular complexity index is 1090. The molecule has 32 heavy (non-hydrogen) atoms. The molecule has 1 aliphatic rings. The minimum absolute atomic E-state index is 0.0993. The molecule has 0 bridgehead atoms. The largest absolute Gasteiger partial charge is 0.416 e. The van der Waals surface area contributed by atoms with Crippen LogP contribution in [0.2, 0.25) is 0 Å². The molecule has 174 valence electrons. The molecule has 1 heterocycles. The summed E-state index contributed by atoms with van der Waals surface area (Å²) >= 11 is 0. The second-order valence-corrected chi connectivity index (χ2v) is 9.56. The van der Waals surface area contributed by atoms with Gasteiger partial charge in [-0.25, -0.2) is 12.8 Å². The van der Waals surface area contributed by atoms with Gasteiger partial charge in [0.15, 0.2) is 9.84 Å². The molecule has 1 saturated heterocycles. The number of benzene rings is 2. The molecule has 1 amide bonds. The number of halogens is 7. The highest BCUT2D eigenvalue weighted by atomic mass is 32.2. The van der Waals surface area contributed by atoms with E-state index in [1.165, 1.54) is 18.2 Å². The number of carbonyl (C=O) groups is 1. The second-order valence-electron chi connectivity index (χ2n) is 7.25. The topological polar surface area (TPSA) is 54.5 Å². The molecule has 1 unspecified atom stereocenters. The Hall–Kier alpha value is -2.63. The van der Waals surface area contributed by atoms with Gasteiger partial charge in [-0.05, 0) is 30.7 Å². The zero-order chi connectivity index (χ0) is 23.9. The van der Waals surface area contributed by atoms with E-state index in [1.54, 1.807) is 0 Å². The fraction of sp³-hybridized carbons (Fsp3) is 0.350. The predicted octanol–water partition coefficient (Wildman–Crippen LogP) is 4.87. The van der Waals surface area contributed by atoms with Crippen LogP contribution in [0.5, 0.6) is 0 Å². The Balaban J connectivity index is 1.95. The van der Waals surface area contributed by atoms with Crippen LogP contribution >= 0.6 is 0 Å². The summed E-state index contributed by atoms with van der Waals surface area (Å²) in [4.78, 5) is 13.6. The van der Waals surface area contributed by atoms with Gasteiger partial charge in [0.25, 0.3) is 5.91 Å². The van der Waals surface area contributed by atoms with E-state index in [-0.39, 0.29) is 24.6 Å². The fourth-order valence-electron chi connectivity index (χ4n) is 3.49. The van der Waals surface area contributed by atoms with Crippen LogP contribution in [0.1, 0.15) is 38.7 Å². The third-order valence-electron chi connectivity index (χ3n) is 5.11. The Morgan fingerprint density at radius 2 is 1.47 bits per heavy atom. The lowest BCUT2D eigenvalue weighted by Gasteiger charge is -2.21. The lowest BCUT2D eigenvalue weighted by atomic mass is 10.0. The Kier molecular flexibility index (Phi) is 6.29. The zero-order valence-electron chi connectivity index (χ0n) is 16.2. The van der Waals surface area contributed by atoms with Crippen molar-refractivity contribution in [2.45, 2.75) is 24.0 Å². The van der Waals surface area contributed by atoms with Crippen LogP contribution in [-0.4, -0.2) is 38.1 Å². The normalized spacial score (nSPS) is 19.5. The lowest BCUT2D eigenvalue weighted by molar-refractivity contribution is -0.143. The number of alkyl halides is 6. The summed E-state index contributed by atoms with van der Waals surface area (Å²) in [5.74, 6) is -2.57. The predicted molar refractivity (Wildman–Crippen MR) is 99.9 cm³/mol. The third kappa shape index (κ3) is 5.05. The van der Waals surface area contributed by atoms with Crippen molar-refractivity contribution in [1.82, 2.24) is 4.90 Å². The average molecular weight is 483 g/mol. The molecule has 1 atom stereocenters. The first kappa shape index (κ1) is 24.0. The van der Waals surface area contributed by atoms with Crippen LogP contribution in [-0.2, 0) is 22.2 Å². The number of carbonyl (C=O) groups excluding carboxylic acids is 1. The van der Waals surface area contributed by atoms with Gasteiger partial charge in [-0.1, -0.05) is 18.2 Å². The highest BCUT2D eigenvalue weighted by molar-refractivity contribution is 7.91. The number of sulfone groups is 1. The Labute approximate surface area is 178 Å². The number of nitrogens with zero attached hydrogens (tertiary/aromatic N) is 1. The minimum atomic E-state index is -5.13. The van der Waals surface area contributed by atoms with E-state index in [9.17, 15) is 43.9 Å². The average Bonchev–Trinajstić information content (AvgIpc) is 2.84. The van der Waals surface area contributed by atoms with E-state index < -0.39 is 68.2 Å². The van der Waals surface area contributed by atoms with Gasteiger partial charge in [0.1, 0.15) is 5.82 Å². The first-order chi connectivity index (χ1) is 14.7. The molecule has 1 fully saturated rings. The summed E-state index contributed by atoms with van der Waals surface area (Å²) in [5, 5.41) is -1.30. The van der Waals surface area contributed by atoms with Crippen molar-refractivity contribution in [2.24, 2.45) is 0 Å². The SMILES string of the molecule is O=C(c1cc(C(F)(F)F)cc(C(F)(F)F)c1)N1CCC(c2ccccc2F)S(=O)(=O)CC1. The van der Waals surface area contributed by atoms with Gasteiger partial charge in [-0.15, -0.1) is 0 Å². The zero-order valence-corrected chi connectivity index (χ0v) is 17.0. The second kappa shape index (κ2) is 8.38. The summed E-state index contributed by atoms with van der Waals surface area (Å²) in [6.45, 7) is -0.752. The van der Waals surface area contributed by atoms with Crippen LogP contribution in [0.15, 0.2) is 42.5 Å². The van der Waals surface area contributed by atoms with Crippen LogP contribution in [0.4, 0.5) is 30.7 Å². The summed E-state index contributed by atoms with van der Waals surface area (Å²) in [6.07, 6.45) is -10.5. The van der Waals surface area contributed by atoms with Crippen LogP contribution < -0.4 is 0 Å². The maximum atomic E-state index is 14.1. The van der Waals surface area contributed by atoms with E-state index in [1.807, 2.05) is 0 Å². The molecule has 0 aliphatic carbocycles. The van der Waals surface area contributed by atoms with Gasteiger partial charge < -0.3 is 4.90 Å². The van der Waals surface area contributed by atoms with Crippen molar-refractivity contribution < 1.29 is 43.9 Å². The fourth-order valence-corrected chi connectivity index (χ4v) is 5.30. The molecule has 0 spiro atoms. The van der Waals surface area contributed by atoms with Gasteiger partial charge in [0, 0.05) is 24.2 Å². The Morgan fingerprint density at radius 3 is 2.00 bits per heavy atom. The molecule has 2 aromatic carbocycles. The van der Waals surface area contributed by atoms with Crippen LogP contribution in [0.3, 0.4) is 0 Å². The number of amides is 1. The number of hydrogen-bond donors (Lipinski definition) is 0. The van der Waals surface area contributed by atoms with E-state index in [2.05, 4.69) is 0 Å². The van der Waals surface area contributed by atoms with E-state index >= 15 is 0 Å². The third-order valence-corrected chi connectivity index (χ3v) is 7.22. The maximum absolute atomic E-state index is 14.1. The van der Waals surface area contributed by atoms with Gasteiger partial charge >= 0.3 is 12.4 Å². The molecule has 1 aliphatic heterocycles. The molecule has 0 saturated carbocycles. The van der Waals surface area contributed by atoms with Crippen molar-refractivity contribution in [3.63, 3.8) is 0 Å². The molecular weight excluding hydrogens is 467 g/mol. The van der Waals surface area contributed by atoms with Crippen molar-refractivity contribution in [3.05, 3.63) is 70.5 Å². The number of rotatable bonds is 2. The van der Waals surface area contributed by atoms with Gasteiger partial charge in [0.2, 0.25) is 0 Å².